The summed E-state index contributed by atoms with van der Waals surface area (Å²) in [6.45, 7) is 6.63. The fourth-order valence-electron chi connectivity index (χ4n) is 5.82. The van der Waals surface area contributed by atoms with Crippen LogP contribution in [-0.4, -0.2) is 67.3 Å². The summed E-state index contributed by atoms with van der Waals surface area (Å²) in [5, 5.41) is 18.9. The van der Waals surface area contributed by atoms with Gasteiger partial charge >= 0.3 is 0 Å². The van der Waals surface area contributed by atoms with Crippen LogP contribution in [0.25, 0.3) is 27.8 Å². The van der Waals surface area contributed by atoms with Crippen LogP contribution in [0.2, 0.25) is 0 Å². The van der Waals surface area contributed by atoms with E-state index in [1.807, 2.05) is 27.9 Å². The van der Waals surface area contributed by atoms with Gasteiger partial charge in [0.15, 0.2) is 5.65 Å². The highest BCUT2D eigenvalue weighted by Gasteiger charge is 2.35. The Morgan fingerprint density at radius 3 is 2.74 bits per heavy atom. The van der Waals surface area contributed by atoms with Crippen molar-refractivity contribution in [1.82, 2.24) is 29.8 Å². The fourth-order valence-corrected chi connectivity index (χ4v) is 5.82. The van der Waals surface area contributed by atoms with Gasteiger partial charge < -0.3 is 20.3 Å². The van der Waals surface area contributed by atoms with Crippen molar-refractivity contribution in [3.8, 4) is 11.3 Å². The third-order valence-electron chi connectivity index (χ3n) is 7.71. The molecule has 1 amide bonds. The summed E-state index contributed by atoms with van der Waals surface area (Å²) in [7, 11) is 0. The largest absolute Gasteiger partial charge is 0.391 e. The van der Waals surface area contributed by atoms with E-state index in [1.165, 1.54) is 16.5 Å². The molecule has 3 aromatic heterocycles. The zero-order chi connectivity index (χ0) is 24.1. The number of likely N-dealkylation sites (tertiary alicyclic amines) is 1. The van der Waals surface area contributed by atoms with Crippen LogP contribution in [0.3, 0.4) is 0 Å². The molecule has 0 bridgehead atoms. The van der Waals surface area contributed by atoms with E-state index in [-0.39, 0.29) is 5.91 Å². The molecular weight excluding hydrogens is 440 g/mol. The van der Waals surface area contributed by atoms with Crippen molar-refractivity contribution in [2.45, 2.75) is 57.1 Å². The van der Waals surface area contributed by atoms with Gasteiger partial charge in [0.05, 0.1) is 18.0 Å². The van der Waals surface area contributed by atoms with Gasteiger partial charge in [0.25, 0.3) is 0 Å². The lowest BCUT2D eigenvalue weighted by molar-refractivity contribution is -0.136. The first kappa shape index (κ1) is 22.2. The number of piperidine rings is 1. The maximum absolute atomic E-state index is 12.8. The maximum atomic E-state index is 12.8. The molecule has 0 radical (unpaired) electrons. The van der Waals surface area contributed by atoms with Crippen LogP contribution in [0, 0.1) is 0 Å². The monoisotopic (exact) mass is 472 g/mol. The molecule has 0 spiro atoms. The number of rotatable bonds is 4. The number of H-pyrrole nitrogens is 1. The highest BCUT2D eigenvalue weighted by Crippen LogP contribution is 2.38. The minimum atomic E-state index is -0.566. The van der Waals surface area contributed by atoms with Gasteiger partial charge in [0.2, 0.25) is 5.91 Å². The molecule has 2 aliphatic rings. The van der Waals surface area contributed by atoms with Gasteiger partial charge in [-0.2, -0.15) is 5.10 Å². The Morgan fingerprint density at radius 1 is 1.17 bits per heavy atom. The first-order valence-electron chi connectivity index (χ1n) is 12.6. The second-order valence-electron chi connectivity index (χ2n) is 10.2. The molecule has 2 saturated heterocycles. The maximum Gasteiger partial charge on any atom is 0.242 e. The number of aromatic amines is 1. The average Bonchev–Trinajstić information content (AvgIpc) is 3.60. The summed E-state index contributed by atoms with van der Waals surface area (Å²) in [5.41, 5.74) is 6.71. The number of fused-ring (bicyclic) bond motifs is 2. The predicted molar refractivity (Wildman–Crippen MR) is 135 cm³/mol. The van der Waals surface area contributed by atoms with E-state index >= 15 is 0 Å². The Kier molecular flexibility index (Phi) is 5.57. The Hall–Kier alpha value is -3.23. The molecule has 6 rings (SSSR count). The Morgan fingerprint density at radius 2 is 2.00 bits per heavy atom. The minimum Gasteiger partial charge on any atom is -0.391 e. The van der Waals surface area contributed by atoms with Gasteiger partial charge in [-0.3, -0.25) is 4.79 Å². The number of hydrogen-bond donors (Lipinski definition) is 3. The molecule has 0 aliphatic carbocycles. The quantitative estimate of drug-likeness (QED) is 0.423. The number of nitrogens with zero attached hydrogens (tertiary/aromatic N) is 4. The molecule has 5 heterocycles. The Labute approximate surface area is 204 Å². The van der Waals surface area contributed by atoms with Gasteiger partial charge in [-0.05, 0) is 60.9 Å². The highest BCUT2D eigenvalue weighted by atomic mass is 16.3. The summed E-state index contributed by atoms with van der Waals surface area (Å²) >= 11 is 0. The average molecular weight is 473 g/mol. The van der Waals surface area contributed by atoms with Crippen LogP contribution in [0.5, 0.6) is 0 Å². The molecule has 0 saturated carbocycles. The molecule has 1 aromatic carbocycles. The minimum absolute atomic E-state index is 0.0454. The lowest BCUT2D eigenvalue weighted by Gasteiger charge is -2.34. The van der Waals surface area contributed by atoms with Crippen LogP contribution in [0.1, 0.15) is 56.1 Å². The molecule has 2 fully saturated rings. The Bertz CT molecular complexity index is 1380. The molecular formula is C27H32N6O2. The van der Waals surface area contributed by atoms with E-state index in [0.29, 0.717) is 24.8 Å². The van der Waals surface area contributed by atoms with E-state index in [2.05, 4.69) is 52.4 Å². The normalized spacial score (nSPS) is 21.5. The molecule has 0 unspecified atom stereocenters. The second kappa shape index (κ2) is 8.77. The van der Waals surface area contributed by atoms with E-state index in [9.17, 15) is 9.90 Å². The van der Waals surface area contributed by atoms with Crippen LogP contribution in [-0.2, 0) is 4.79 Å². The summed E-state index contributed by atoms with van der Waals surface area (Å²) < 4.78 is 1.81. The Balaban J connectivity index is 1.27. The summed E-state index contributed by atoms with van der Waals surface area (Å²) in [5.74, 6) is 0.807. The zero-order valence-corrected chi connectivity index (χ0v) is 20.2. The summed E-state index contributed by atoms with van der Waals surface area (Å²) in [4.78, 5) is 23.0. The molecule has 182 valence electrons. The van der Waals surface area contributed by atoms with Crippen LogP contribution >= 0.6 is 0 Å². The standard InChI is InChI=1S/C27H32N6O2/c1-16(2)24-20-13-18(17-7-11-32(12-8-17)27(35)26-22(34)5-9-28-26)3-4-21(20)31-25(24)19-14-29-23-6-10-30-33(23)15-19/h3-4,6,10,13-17,22,26,28,31,34H,5,7-9,11-12H2,1-2H3/t22-,26-/m1/s1. The topological polar surface area (TPSA) is 98.6 Å². The molecule has 3 N–H and O–H groups in total. The van der Waals surface area contributed by atoms with E-state index < -0.39 is 12.1 Å². The molecule has 4 aromatic rings. The molecule has 8 nitrogen and oxygen atoms in total. The number of carbonyl (C=O) groups excluding carboxylic acids is 1. The van der Waals surface area contributed by atoms with Gasteiger partial charge in [-0.15, -0.1) is 0 Å². The molecule has 2 aliphatic heterocycles. The number of carbonyl (C=O) groups is 1. The van der Waals surface area contributed by atoms with Crippen LogP contribution in [0.4, 0.5) is 0 Å². The molecule has 35 heavy (non-hydrogen) atoms. The van der Waals surface area contributed by atoms with Crippen molar-refractivity contribution in [3.05, 3.63) is 54.0 Å². The number of hydrogen-bond acceptors (Lipinski definition) is 5. The van der Waals surface area contributed by atoms with Gasteiger partial charge in [0, 0.05) is 48.0 Å². The van der Waals surface area contributed by atoms with E-state index in [0.717, 1.165) is 48.4 Å². The smallest absolute Gasteiger partial charge is 0.242 e. The lowest BCUT2D eigenvalue weighted by Crippen LogP contribution is -2.50. The van der Waals surface area contributed by atoms with Gasteiger partial charge in [-0.1, -0.05) is 19.9 Å². The van der Waals surface area contributed by atoms with Crippen molar-refractivity contribution >= 4 is 22.5 Å². The lowest BCUT2D eigenvalue weighted by atomic mass is 9.87. The second-order valence-corrected chi connectivity index (χ2v) is 10.2. The highest BCUT2D eigenvalue weighted by molar-refractivity contribution is 5.92. The first-order chi connectivity index (χ1) is 17.0. The van der Waals surface area contributed by atoms with Crippen molar-refractivity contribution < 1.29 is 9.90 Å². The van der Waals surface area contributed by atoms with Gasteiger partial charge in [0.1, 0.15) is 6.04 Å². The number of amides is 1. The summed E-state index contributed by atoms with van der Waals surface area (Å²) in [6.07, 6.45) is 7.67. The van der Waals surface area contributed by atoms with Crippen molar-refractivity contribution in [1.29, 1.82) is 0 Å². The molecule has 8 heteroatoms. The van der Waals surface area contributed by atoms with Crippen molar-refractivity contribution in [2.24, 2.45) is 0 Å². The number of benzene rings is 1. The summed E-state index contributed by atoms with van der Waals surface area (Å²) in [6, 6.07) is 8.22. The zero-order valence-electron chi connectivity index (χ0n) is 20.2. The number of aliphatic hydroxyl groups excluding tert-OH is 1. The van der Waals surface area contributed by atoms with E-state index in [4.69, 9.17) is 0 Å². The first-order valence-corrected chi connectivity index (χ1v) is 12.6. The molecule has 2 atom stereocenters. The fraction of sp³-hybridized carbons (Fsp3) is 0.444. The number of aromatic nitrogens is 4. The van der Waals surface area contributed by atoms with Gasteiger partial charge in [-0.25, -0.2) is 9.50 Å². The van der Waals surface area contributed by atoms with E-state index in [1.54, 1.807) is 6.20 Å². The van der Waals surface area contributed by atoms with Crippen LogP contribution < -0.4 is 5.32 Å². The third kappa shape index (κ3) is 3.90. The predicted octanol–water partition coefficient (Wildman–Crippen LogP) is 3.43. The number of aliphatic hydroxyl groups is 1. The van der Waals surface area contributed by atoms with Crippen molar-refractivity contribution in [2.75, 3.05) is 19.6 Å². The number of nitrogens with one attached hydrogen (secondary N) is 2. The van der Waals surface area contributed by atoms with Crippen molar-refractivity contribution in [3.63, 3.8) is 0 Å². The SMILES string of the molecule is CC(C)c1c(-c2cnc3ccnn3c2)[nH]c2ccc(C3CCN(C(=O)[C@@H]4NCC[C@H]4O)CC3)cc12. The third-order valence-corrected chi connectivity index (χ3v) is 7.71. The van der Waals surface area contributed by atoms with Crippen LogP contribution in [0.15, 0.2) is 42.9 Å².